The van der Waals surface area contributed by atoms with Crippen molar-refractivity contribution in [1.82, 2.24) is 29.7 Å². The van der Waals surface area contributed by atoms with Crippen LogP contribution in [0, 0.1) is 0 Å². The molecule has 0 spiro atoms. The summed E-state index contributed by atoms with van der Waals surface area (Å²) in [6, 6.07) is 3.78. The maximum atomic E-state index is 8.25. The summed E-state index contributed by atoms with van der Waals surface area (Å²) in [7, 11) is 2.46. The molecule has 0 amide bonds. The zero-order valence-electron chi connectivity index (χ0n) is 28.4. The molecule has 8 rings (SSSR count). The summed E-state index contributed by atoms with van der Waals surface area (Å²) >= 11 is 21.6. The minimum atomic E-state index is -1.04. The van der Waals surface area contributed by atoms with Crippen molar-refractivity contribution in [2.24, 2.45) is 0 Å². The number of ether oxygens (including phenoxy) is 2. The van der Waals surface area contributed by atoms with Gasteiger partial charge in [-0.25, -0.2) is 19.9 Å². The van der Waals surface area contributed by atoms with Gasteiger partial charge in [-0.3, -0.25) is 9.80 Å². The summed E-state index contributed by atoms with van der Waals surface area (Å²) in [5.41, 5.74) is 2.91. The Morgan fingerprint density at radius 1 is 0.700 bits per heavy atom. The molecule has 0 bridgehead atoms. The number of thiazole rings is 2. The van der Waals surface area contributed by atoms with Crippen LogP contribution in [-0.2, 0) is 9.47 Å². The lowest BCUT2D eigenvalue weighted by atomic mass is 9.84. The first-order valence-electron chi connectivity index (χ1n) is 17.1. The summed E-state index contributed by atoms with van der Waals surface area (Å²) in [6.07, 6.45) is 4.43. The number of halogens is 3. The monoisotopic (exact) mass is 784 g/mol. The lowest BCUT2D eigenvalue weighted by Gasteiger charge is -2.34. The number of fused-ring (bicyclic) bond motifs is 2. The number of hydrogen-bond acceptors (Lipinski definition) is 14. The standard InChI is InChI=1S/C16H21ClN4OS.C13H16Cl2N4OS.C3H7BO2/c1-22-9-8-20-4-6-21(7-5-20)16-19-15-12(23-16)10-13(17)18-14(15)11-2-3-11;1-20-7-6-18-2-4-19(5-3-18)13-17-11-9(21-13)8-10(14)16-12(11)15;5-4(6)3-1-2-3/h10-11H,2-9H2,1H3;8H,2-7H2,1H3;3,5-6H,1-2H2. The highest BCUT2D eigenvalue weighted by atomic mass is 35.5. The maximum Gasteiger partial charge on any atom is 0.454 e. The van der Waals surface area contributed by atoms with Crippen LogP contribution >= 0.6 is 57.5 Å². The van der Waals surface area contributed by atoms with E-state index in [1.165, 1.54) is 17.5 Å². The smallest absolute Gasteiger partial charge is 0.427 e. The topological polar surface area (TPSA) is 123 Å². The number of hydrogen-bond donors (Lipinski definition) is 2. The first kappa shape index (κ1) is 38.1. The fourth-order valence-corrected chi connectivity index (χ4v) is 8.81. The summed E-state index contributed by atoms with van der Waals surface area (Å²) in [6.45, 7) is 11.7. The van der Waals surface area contributed by atoms with Gasteiger partial charge in [-0.1, -0.05) is 70.3 Å². The van der Waals surface area contributed by atoms with E-state index in [9.17, 15) is 0 Å². The van der Waals surface area contributed by atoms with E-state index in [0.717, 1.165) is 123 Å². The van der Waals surface area contributed by atoms with Crippen LogP contribution in [0.2, 0.25) is 21.3 Å². The molecule has 6 heterocycles. The van der Waals surface area contributed by atoms with Crippen LogP contribution in [0.5, 0.6) is 0 Å². The van der Waals surface area contributed by atoms with Gasteiger partial charge in [0.05, 0.1) is 28.3 Å². The second-order valence-corrected chi connectivity index (χ2v) is 16.1. The van der Waals surface area contributed by atoms with E-state index in [1.54, 1.807) is 36.9 Å². The highest BCUT2D eigenvalue weighted by Gasteiger charge is 2.33. The maximum absolute atomic E-state index is 8.25. The Balaban J connectivity index is 0.000000149. The van der Waals surface area contributed by atoms with Crippen LogP contribution in [0.15, 0.2) is 12.1 Å². The number of nitrogens with zero attached hydrogens (tertiary/aromatic N) is 8. The average Bonchev–Trinajstić information content (AvgIpc) is 4.05. The van der Waals surface area contributed by atoms with Crippen molar-refractivity contribution in [2.75, 3.05) is 103 Å². The molecule has 0 atom stereocenters. The highest BCUT2D eigenvalue weighted by Crippen LogP contribution is 2.44. The Kier molecular flexibility index (Phi) is 13.7. The third-order valence-corrected chi connectivity index (χ3v) is 11.9. The number of aromatic nitrogens is 4. The van der Waals surface area contributed by atoms with Crippen molar-refractivity contribution < 1.29 is 19.5 Å². The first-order chi connectivity index (χ1) is 24.2. The quantitative estimate of drug-likeness (QED) is 0.159. The second-order valence-electron chi connectivity index (χ2n) is 12.9. The minimum absolute atomic E-state index is 0.213. The molecule has 2 N–H and O–H groups in total. The number of rotatable bonds is 10. The molecule has 50 heavy (non-hydrogen) atoms. The SMILES string of the molecule is COCCN1CCN(c2nc3c(C4CC4)nc(Cl)cc3s2)CC1.COCCN1CCN(c2nc3c(Cl)nc(Cl)cc3s2)CC1.OB(O)C1CC1. The molecule has 0 aromatic carbocycles. The summed E-state index contributed by atoms with van der Waals surface area (Å²) in [5.74, 6) is 0.780. The molecular weight excluding hydrogens is 742 g/mol. The van der Waals surface area contributed by atoms with Gasteiger partial charge < -0.3 is 29.3 Å². The van der Waals surface area contributed by atoms with E-state index in [0.29, 0.717) is 21.4 Å². The van der Waals surface area contributed by atoms with E-state index in [1.807, 2.05) is 12.1 Å². The largest absolute Gasteiger partial charge is 0.454 e. The Morgan fingerprint density at radius 2 is 1.18 bits per heavy atom. The van der Waals surface area contributed by atoms with Crippen molar-refractivity contribution in [2.45, 2.75) is 37.4 Å². The average molecular weight is 786 g/mol. The van der Waals surface area contributed by atoms with Crippen LogP contribution in [0.3, 0.4) is 0 Å². The van der Waals surface area contributed by atoms with Gasteiger partial charge in [0.1, 0.15) is 21.3 Å². The van der Waals surface area contributed by atoms with E-state index in [4.69, 9.17) is 59.3 Å². The Labute approximate surface area is 316 Å². The fraction of sp³-hybridized carbons (Fsp3) is 0.625. The van der Waals surface area contributed by atoms with E-state index in [-0.39, 0.29) is 5.82 Å². The van der Waals surface area contributed by atoms with Gasteiger partial charge in [0.25, 0.3) is 0 Å². The minimum Gasteiger partial charge on any atom is -0.427 e. The Bertz CT molecular complexity index is 1700. The van der Waals surface area contributed by atoms with Crippen LogP contribution in [0.25, 0.3) is 20.4 Å². The molecule has 0 unspecified atom stereocenters. The number of piperazine rings is 2. The van der Waals surface area contributed by atoms with Crippen molar-refractivity contribution in [1.29, 1.82) is 0 Å². The number of anilines is 2. The van der Waals surface area contributed by atoms with Crippen LogP contribution in [-0.4, -0.2) is 140 Å². The lowest BCUT2D eigenvalue weighted by Crippen LogP contribution is -2.47. The molecule has 0 radical (unpaired) electrons. The van der Waals surface area contributed by atoms with Gasteiger partial charge >= 0.3 is 7.12 Å². The van der Waals surface area contributed by atoms with Crippen LogP contribution in [0.1, 0.15) is 37.3 Å². The van der Waals surface area contributed by atoms with E-state index >= 15 is 0 Å². The van der Waals surface area contributed by atoms with Gasteiger partial charge in [0.2, 0.25) is 0 Å². The highest BCUT2D eigenvalue weighted by molar-refractivity contribution is 7.22. The molecule has 4 aromatic rings. The molecule has 4 fully saturated rings. The van der Waals surface area contributed by atoms with Crippen molar-refractivity contribution in [3.05, 3.63) is 33.3 Å². The molecule has 272 valence electrons. The molecule has 4 aromatic heterocycles. The Morgan fingerprint density at radius 3 is 1.62 bits per heavy atom. The molecule has 2 saturated heterocycles. The molecular formula is C32H44BCl3N8O4S2. The predicted octanol–water partition coefficient (Wildman–Crippen LogP) is 5.38. The third-order valence-electron chi connectivity index (χ3n) is 9.17. The zero-order chi connectivity index (χ0) is 35.2. The van der Waals surface area contributed by atoms with Gasteiger partial charge in [0, 0.05) is 85.6 Å². The van der Waals surface area contributed by atoms with Gasteiger partial charge in [-0.05, 0) is 30.8 Å². The van der Waals surface area contributed by atoms with Crippen molar-refractivity contribution in [3.8, 4) is 0 Å². The summed E-state index contributed by atoms with van der Waals surface area (Å²) in [5, 5.41) is 20.0. The molecule has 12 nitrogen and oxygen atoms in total. The van der Waals surface area contributed by atoms with Gasteiger partial charge in [-0.2, -0.15) is 0 Å². The lowest BCUT2D eigenvalue weighted by molar-refractivity contribution is 0.144. The predicted molar refractivity (Wildman–Crippen MR) is 206 cm³/mol. The first-order valence-corrected chi connectivity index (χ1v) is 19.9. The third kappa shape index (κ3) is 10.3. The van der Waals surface area contributed by atoms with E-state index in [2.05, 4.69) is 34.6 Å². The van der Waals surface area contributed by atoms with Crippen molar-refractivity contribution >= 4 is 95.3 Å². The summed E-state index contributed by atoms with van der Waals surface area (Å²) in [4.78, 5) is 27.6. The molecule has 2 aliphatic heterocycles. The number of pyridine rings is 2. The molecule has 18 heteroatoms. The second kappa shape index (κ2) is 17.9. The summed E-state index contributed by atoms with van der Waals surface area (Å²) < 4.78 is 12.4. The van der Waals surface area contributed by atoms with E-state index < -0.39 is 7.12 Å². The molecule has 4 aliphatic rings. The molecule has 2 aliphatic carbocycles. The van der Waals surface area contributed by atoms with Crippen molar-refractivity contribution in [3.63, 3.8) is 0 Å². The van der Waals surface area contributed by atoms with Crippen LogP contribution < -0.4 is 9.80 Å². The molecule has 2 saturated carbocycles. The zero-order valence-corrected chi connectivity index (χ0v) is 32.3. The Hall–Kier alpha value is -1.63. The van der Waals surface area contributed by atoms with Gasteiger partial charge in [-0.15, -0.1) is 0 Å². The number of methoxy groups -OCH3 is 2. The normalized spacial score (nSPS) is 18.6. The van der Waals surface area contributed by atoms with Gasteiger partial charge in [0.15, 0.2) is 15.4 Å². The fourth-order valence-electron chi connectivity index (χ4n) is 5.84. The van der Waals surface area contributed by atoms with Crippen LogP contribution in [0.4, 0.5) is 10.3 Å².